The normalized spacial score (nSPS) is 11.7. The molecule has 0 bridgehead atoms. The number of anilines is 1. The largest absolute Gasteiger partial charge is 0.448 e. The second-order valence-electron chi connectivity index (χ2n) is 4.49. The number of amides is 1. The number of hydrogen-bond acceptors (Lipinski definition) is 3. The highest BCUT2D eigenvalue weighted by Gasteiger charge is 2.19. The van der Waals surface area contributed by atoms with Crippen LogP contribution in [0.1, 0.15) is 23.0 Å². The lowest BCUT2D eigenvalue weighted by molar-refractivity contribution is -0.123. The van der Waals surface area contributed by atoms with Crippen molar-refractivity contribution in [1.82, 2.24) is 4.98 Å². The van der Waals surface area contributed by atoms with Crippen LogP contribution in [0.4, 0.5) is 5.69 Å². The average Bonchev–Trinajstić information content (AvgIpc) is 2.95. The fraction of sp³-hybridized carbons (Fsp3) is 0.200. The number of aromatic nitrogens is 1. The molecule has 2 rings (SSSR count). The van der Waals surface area contributed by atoms with Crippen LogP contribution in [0.5, 0.6) is 0 Å². The van der Waals surface area contributed by atoms with Crippen LogP contribution in [-0.2, 0) is 9.53 Å². The van der Waals surface area contributed by atoms with E-state index >= 15 is 0 Å². The number of aryl methyl sites for hydroxylation is 1. The monoisotopic (exact) mass is 272 g/mol. The number of esters is 1. The highest BCUT2D eigenvalue weighted by molar-refractivity contribution is 5.96. The number of nitrogens with one attached hydrogen (secondary N) is 2. The third-order valence-corrected chi connectivity index (χ3v) is 2.79. The Morgan fingerprint density at radius 3 is 2.50 bits per heavy atom. The quantitative estimate of drug-likeness (QED) is 0.840. The molecule has 2 N–H and O–H groups in total. The molecule has 0 fully saturated rings. The van der Waals surface area contributed by atoms with E-state index in [4.69, 9.17) is 4.74 Å². The van der Waals surface area contributed by atoms with E-state index in [1.54, 1.807) is 30.5 Å². The minimum atomic E-state index is -0.868. The molecule has 1 amide bonds. The van der Waals surface area contributed by atoms with Crippen LogP contribution in [0.25, 0.3) is 0 Å². The van der Waals surface area contributed by atoms with E-state index in [1.807, 2.05) is 19.1 Å². The van der Waals surface area contributed by atoms with Gasteiger partial charge in [-0.05, 0) is 38.1 Å². The smallest absolute Gasteiger partial charge is 0.355 e. The van der Waals surface area contributed by atoms with Gasteiger partial charge in [0.2, 0.25) is 0 Å². The summed E-state index contributed by atoms with van der Waals surface area (Å²) < 4.78 is 5.07. The SMILES string of the molecule is Cc1ccc(NC(=O)[C@@H](C)OC(=O)c2ccc[nH]2)cc1. The zero-order chi connectivity index (χ0) is 14.5. The zero-order valence-corrected chi connectivity index (χ0v) is 11.3. The molecule has 5 nitrogen and oxygen atoms in total. The fourth-order valence-electron chi connectivity index (χ4n) is 1.62. The molecule has 0 radical (unpaired) electrons. The van der Waals surface area contributed by atoms with E-state index in [2.05, 4.69) is 10.3 Å². The Labute approximate surface area is 117 Å². The summed E-state index contributed by atoms with van der Waals surface area (Å²) in [6, 6.07) is 10.7. The van der Waals surface area contributed by atoms with Crippen LogP contribution >= 0.6 is 0 Å². The fourth-order valence-corrected chi connectivity index (χ4v) is 1.62. The molecule has 1 aromatic carbocycles. The molecule has 5 heteroatoms. The number of hydrogen-bond donors (Lipinski definition) is 2. The molecule has 1 aromatic heterocycles. The van der Waals surface area contributed by atoms with Crippen molar-refractivity contribution in [1.29, 1.82) is 0 Å². The van der Waals surface area contributed by atoms with Gasteiger partial charge in [-0.3, -0.25) is 4.79 Å². The molecule has 104 valence electrons. The number of rotatable bonds is 4. The number of H-pyrrole nitrogens is 1. The van der Waals surface area contributed by atoms with Crippen molar-refractivity contribution in [2.24, 2.45) is 0 Å². The van der Waals surface area contributed by atoms with Gasteiger partial charge in [-0.2, -0.15) is 0 Å². The van der Waals surface area contributed by atoms with E-state index in [0.29, 0.717) is 11.4 Å². The van der Waals surface area contributed by atoms with Gasteiger partial charge in [-0.25, -0.2) is 4.79 Å². The van der Waals surface area contributed by atoms with Crippen LogP contribution in [-0.4, -0.2) is 23.0 Å². The number of carbonyl (C=O) groups excluding carboxylic acids is 2. The summed E-state index contributed by atoms with van der Waals surface area (Å²) in [5.74, 6) is -0.921. The highest BCUT2D eigenvalue weighted by Crippen LogP contribution is 2.10. The van der Waals surface area contributed by atoms with Gasteiger partial charge in [-0.1, -0.05) is 17.7 Å². The van der Waals surface area contributed by atoms with Crippen LogP contribution in [0.3, 0.4) is 0 Å². The van der Waals surface area contributed by atoms with Gasteiger partial charge < -0.3 is 15.0 Å². The Bertz CT molecular complexity index is 588. The minimum Gasteiger partial charge on any atom is -0.448 e. The minimum absolute atomic E-state index is 0.319. The molecule has 0 spiro atoms. The molecule has 0 saturated carbocycles. The molecular weight excluding hydrogens is 256 g/mol. The molecule has 1 atom stereocenters. The Hall–Kier alpha value is -2.56. The highest BCUT2D eigenvalue weighted by atomic mass is 16.5. The summed E-state index contributed by atoms with van der Waals surface area (Å²) in [4.78, 5) is 26.3. The third-order valence-electron chi connectivity index (χ3n) is 2.79. The molecular formula is C15H16N2O3. The first-order valence-electron chi connectivity index (χ1n) is 6.28. The summed E-state index contributed by atoms with van der Waals surface area (Å²) in [6.07, 6.45) is 0.750. The molecule has 0 aliphatic heterocycles. The number of carbonyl (C=O) groups is 2. The van der Waals surface area contributed by atoms with E-state index in [-0.39, 0.29) is 5.91 Å². The maximum absolute atomic E-state index is 11.9. The van der Waals surface area contributed by atoms with Crippen molar-refractivity contribution >= 4 is 17.6 Å². The van der Waals surface area contributed by atoms with Crippen molar-refractivity contribution < 1.29 is 14.3 Å². The maximum atomic E-state index is 11.9. The van der Waals surface area contributed by atoms with Gasteiger partial charge in [0, 0.05) is 11.9 Å². The molecule has 20 heavy (non-hydrogen) atoms. The molecule has 0 unspecified atom stereocenters. The van der Waals surface area contributed by atoms with Crippen molar-refractivity contribution in [3.8, 4) is 0 Å². The van der Waals surface area contributed by atoms with E-state index in [0.717, 1.165) is 5.56 Å². The standard InChI is InChI=1S/C15H16N2O3/c1-10-5-7-12(8-6-10)17-14(18)11(2)20-15(19)13-4-3-9-16-13/h3-9,11,16H,1-2H3,(H,17,18)/t11-/m1/s1. The van der Waals surface area contributed by atoms with E-state index in [9.17, 15) is 9.59 Å². The summed E-state index contributed by atoms with van der Waals surface area (Å²) in [6.45, 7) is 3.50. The molecule has 0 aliphatic carbocycles. The first kappa shape index (κ1) is 13.9. The van der Waals surface area contributed by atoms with Gasteiger partial charge >= 0.3 is 5.97 Å². The zero-order valence-electron chi connectivity index (χ0n) is 11.3. The molecule has 0 saturated heterocycles. The van der Waals surface area contributed by atoms with Crippen molar-refractivity contribution in [3.63, 3.8) is 0 Å². The topological polar surface area (TPSA) is 71.2 Å². The molecule has 0 aliphatic rings. The van der Waals surface area contributed by atoms with Crippen LogP contribution in [0.2, 0.25) is 0 Å². The van der Waals surface area contributed by atoms with Gasteiger partial charge in [0.15, 0.2) is 6.10 Å². The Morgan fingerprint density at radius 1 is 1.20 bits per heavy atom. The number of aromatic amines is 1. The average molecular weight is 272 g/mol. The first-order valence-corrected chi connectivity index (χ1v) is 6.28. The van der Waals surface area contributed by atoms with Crippen molar-refractivity contribution in [2.75, 3.05) is 5.32 Å². The van der Waals surface area contributed by atoms with Crippen LogP contribution in [0, 0.1) is 6.92 Å². The lowest BCUT2D eigenvalue weighted by Gasteiger charge is -2.13. The van der Waals surface area contributed by atoms with Gasteiger partial charge in [-0.15, -0.1) is 0 Å². The van der Waals surface area contributed by atoms with Gasteiger partial charge in [0.1, 0.15) is 5.69 Å². The molecule has 2 aromatic rings. The summed E-state index contributed by atoms with van der Waals surface area (Å²) in [7, 11) is 0. The third kappa shape index (κ3) is 3.47. The van der Waals surface area contributed by atoms with E-state index < -0.39 is 12.1 Å². The van der Waals surface area contributed by atoms with E-state index in [1.165, 1.54) is 6.92 Å². The number of benzene rings is 1. The first-order chi connectivity index (χ1) is 9.56. The van der Waals surface area contributed by atoms with Gasteiger partial charge in [0.25, 0.3) is 5.91 Å². The van der Waals surface area contributed by atoms with Crippen molar-refractivity contribution in [3.05, 3.63) is 53.9 Å². The Kier molecular flexibility index (Phi) is 4.20. The second-order valence-corrected chi connectivity index (χ2v) is 4.49. The summed E-state index contributed by atoms with van der Waals surface area (Å²) in [5.41, 5.74) is 2.09. The summed E-state index contributed by atoms with van der Waals surface area (Å²) in [5, 5.41) is 2.69. The Balaban J connectivity index is 1.92. The Morgan fingerprint density at radius 2 is 1.90 bits per heavy atom. The second kappa shape index (κ2) is 6.06. The lowest BCUT2D eigenvalue weighted by Crippen LogP contribution is -2.30. The van der Waals surface area contributed by atoms with Gasteiger partial charge in [0.05, 0.1) is 0 Å². The summed E-state index contributed by atoms with van der Waals surface area (Å²) >= 11 is 0. The molecule has 1 heterocycles. The number of ether oxygens (including phenoxy) is 1. The van der Waals surface area contributed by atoms with Crippen LogP contribution in [0.15, 0.2) is 42.6 Å². The predicted octanol–water partition coefficient (Wildman–Crippen LogP) is 2.51. The lowest BCUT2D eigenvalue weighted by atomic mass is 10.2. The predicted molar refractivity (Wildman–Crippen MR) is 75.5 cm³/mol. The maximum Gasteiger partial charge on any atom is 0.355 e. The van der Waals surface area contributed by atoms with Crippen LogP contribution < -0.4 is 5.32 Å². The van der Waals surface area contributed by atoms with Crippen molar-refractivity contribution in [2.45, 2.75) is 20.0 Å².